The Labute approximate surface area is 153 Å². The van der Waals surface area contributed by atoms with Crippen LogP contribution in [-0.4, -0.2) is 60.4 Å². The number of morpholine rings is 1. The molecular formula is C19H23N5O2. The van der Waals surface area contributed by atoms with Crippen molar-refractivity contribution < 1.29 is 9.53 Å². The third-order valence-corrected chi connectivity index (χ3v) is 4.80. The summed E-state index contributed by atoms with van der Waals surface area (Å²) in [6.07, 6.45) is 2.13. The molecule has 0 bridgehead atoms. The summed E-state index contributed by atoms with van der Waals surface area (Å²) in [6.45, 7) is 4.84. The van der Waals surface area contributed by atoms with Crippen LogP contribution in [0.5, 0.6) is 0 Å². The Hall–Kier alpha value is -2.67. The highest BCUT2D eigenvalue weighted by Gasteiger charge is 2.21. The Kier molecular flexibility index (Phi) is 4.97. The zero-order valence-corrected chi connectivity index (χ0v) is 14.7. The largest absolute Gasteiger partial charge is 0.378 e. The summed E-state index contributed by atoms with van der Waals surface area (Å²) < 4.78 is 5.44. The van der Waals surface area contributed by atoms with Gasteiger partial charge in [0.05, 0.1) is 24.6 Å². The number of aromatic nitrogens is 2. The number of ether oxygens (including phenoxy) is 1. The molecule has 2 aliphatic heterocycles. The Morgan fingerprint density at radius 1 is 0.962 bits per heavy atom. The Bertz CT molecular complexity index is 753. The summed E-state index contributed by atoms with van der Waals surface area (Å²) >= 11 is 0. The molecule has 26 heavy (non-hydrogen) atoms. The van der Waals surface area contributed by atoms with Crippen molar-refractivity contribution in [3.8, 4) is 0 Å². The van der Waals surface area contributed by atoms with Crippen molar-refractivity contribution in [2.24, 2.45) is 0 Å². The molecule has 0 saturated carbocycles. The molecule has 7 nitrogen and oxygen atoms in total. The lowest BCUT2D eigenvalue weighted by Crippen LogP contribution is -2.36. The number of anilines is 3. The van der Waals surface area contributed by atoms with E-state index >= 15 is 0 Å². The van der Waals surface area contributed by atoms with Crippen LogP contribution in [0.4, 0.5) is 17.2 Å². The number of para-hydroxylation sites is 2. The monoisotopic (exact) mass is 353 g/mol. The second-order valence-corrected chi connectivity index (χ2v) is 6.54. The number of carbonyl (C=O) groups excluding carboxylic acids is 1. The fourth-order valence-corrected chi connectivity index (χ4v) is 3.39. The van der Waals surface area contributed by atoms with E-state index in [1.807, 2.05) is 29.2 Å². The predicted octanol–water partition coefficient (Wildman–Crippen LogP) is 2.29. The molecule has 3 heterocycles. The minimum Gasteiger partial charge on any atom is -0.378 e. The Balaban J connectivity index is 1.48. The van der Waals surface area contributed by atoms with Crippen molar-refractivity contribution in [2.45, 2.75) is 12.8 Å². The average Bonchev–Trinajstić information content (AvgIpc) is 3.24. The number of nitrogens with zero attached hydrogens (tertiary/aromatic N) is 4. The van der Waals surface area contributed by atoms with E-state index in [0.717, 1.165) is 63.6 Å². The smallest absolute Gasteiger partial charge is 0.274 e. The van der Waals surface area contributed by atoms with Gasteiger partial charge in [-0.2, -0.15) is 0 Å². The van der Waals surface area contributed by atoms with E-state index in [1.165, 1.54) is 0 Å². The number of benzene rings is 1. The van der Waals surface area contributed by atoms with Gasteiger partial charge in [0.25, 0.3) is 5.91 Å². The topological polar surface area (TPSA) is 70.6 Å². The summed E-state index contributed by atoms with van der Waals surface area (Å²) in [6, 6.07) is 11.7. The first-order valence-corrected chi connectivity index (χ1v) is 9.13. The molecule has 2 fully saturated rings. The van der Waals surface area contributed by atoms with Gasteiger partial charge in [-0.05, 0) is 37.1 Å². The molecule has 0 radical (unpaired) electrons. The number of amides is 1. The molecule has 2 aliphatic rings. The van der Waals surface area contributed by atoms with Gasteiger partial charge in [0.2, 0.25) is 0 Å². The zero-order chi connectivity index (χ0) is 17.8. The van der Waals surface area contributed by atoms with Crippen LogP contribution < -0.4 is 10.2 Å². The first-order chi connectivity index (χ1) is 12.8. The molecule has 0 spiro atoms. The van der Waals surface area contributed by atoms with Gasteiger partial charge in [-0.25, -0.2) is 0 Å². The fourth-order valence-electron chi connectivity index (χ4n) is 3.39. The Morgan fingerprint density at radius 3 is 2.46 bits per heavy atom. The highest BCUT2D eigenvalue weighted by Crippen LogP contribution is 2.28. The summed E-state index contributed by atoms with van der Waals surface area (Å²) in [5, 5.41) is 11.6. The van der Waals surface area contributed by atoms with Crippen molar-refractivity contribution in [3.63, 3.8) is 0 Å². The maximum atomic E-state index is 12.4. The van der Waals surface area contributed by atoms with E-state index in [-0.39, 0.29) is 5.91 Å². The first-order valence-electron chi connectivity index (χ1n) is 9.13. The van der Waals surface area contributed by atoms with E-state index in [4.69, 9.17) is 4.74 Å². The van der Waals surface area contributed by atoms with Crippen molar-refractivity contribution in [2.75, 3.05) is 49.6 Å². The molecule has 2 saturated heterocycles. The normalized spacial score (nSPS) is 17.4. The lowest BCUT2D eigenvalue weighted by molar-refractivity contribution is 0.0786. The number of rotatable bonds is 4. The van der Waals surface area contributed by atoms with Gasteiger partial charge in [-0.1, -0.05) is 12.1 Å². The summed E-state index contributed by atoms with van der Waals surface area (Å²) in [7, 11) is 0. The van der Waals surface area contributed by atoms with E-state index < -0.39 is 0 Å². The molecule has 1 aromatic carbocycles. The summed E-state index contributed by atoms with van der Waals surface area (Å²) in [5.74, 6) is 0.596. The lowest BCUT2D eigenvalue weighted by Gasteiger charge is -2.30. The van der Waals surface area contributed by atoms with E-state index in [2.05, 4.69) is 26.5 Å². The number of carbonyl (C=O) groups is 1. The lowest BCUT2D eigenvalue weighted by atomic mass is 10.2. The van der Waals surface area contributed by atoms with Gasteiger partial charge < -0.3 is 19.9 Å². The van der Waals surface area contributed by atoms with Crippen LogP contribution >= 0.6 is 0 Å². The molecule has 1 aromatic heterocycles. The van der Waals surface area contributed by atoms with Gasteiger partial charge in [-0.3, -0.25) is 4.79 Å². The quantitative estimate of drug-likeness (QED) is 0.909. The Morgan fingerprint density at radius 2 is 1.73 bits per heavy atom. The maximum absolute atomic E-state index is 12.4. The standard InChI is InChI=1S/C19H23N5O2/c25-19(24-9-3-4-10-24)16-7-8-18(22-21-16)20-15-5-1-2-6-17(15)23-11-13-26-14-12-23/h1-2,5-8H,3-4,9-14H2,(H,20,22). The van der Waals surface area contributed by atoms with Gasteiger partial charge in [0.15, 0.2) is 11.5 Å². The van der Waals surface area contributed by atoms with E-state index in [0.29, 0.717) is 11.5 Å². The number of likely N-dealkylation sites (tertiary alicyclic amines) is 1. The second-order valence-electron chi connectivity index (χ2n) is 6.54. The third kappa shape index (κ3) is 3.62. The first kappa shape index (κ1) is 16.8. The highest BCUT2D eigenvalue weighted by molar-refractivity contribution is 5.92. The molecule has 2 aromatic rings. The van der Waals surface area contributed by atoms with E-state index in [1.54, 1.807) is 6.07 Å². The molecule has 0 atom stereocenters. The molecule has 136 valence electrons. The summed E-state index contributed by atoms with van der Waals surface area (Å²) in [4.78, 5) is 16.5. The van der Waals surface area contributed by atoms with Crippen LogP contribution in [0.15, 0.2) is 36.4 Å². The van der Waals surface area contributed by atoms with Crippen LogP contribution in [0.2, 0.25) is 0 Å². The highest BCUT2D eigenvalue weighted by atomic mass is 16.5. The fraction of sp³-hybridized carbons (Fsp3) is 0.421. The van der Waals surface area contributed by atoms with Crippen LogP contribution in [0.25, 0.3) is 0 Å². The van der Waals surface area contributed by atoms with Gasteiger partial charge >= 0.3 is 0 Å². The average molecular weight is 353 g/mol. The molecule has 4 rings (SSSR count). The van der Waals surface area contributed by atoms with Crippen molar-refractivity contribution >= 4 is 23.1 Å². The predicted molar refractivity (Wildman–Crippen MR) is 99.9 cm³/mol. The molecule has 7 heteroatoms. The SMILES string of the molecule is O=C(c1ccc(Nc2ccccc2N2CCOCC2)nn1)N1CCCC1. The molecule has 1 amide bonds. The van der Waals surface area contributed by atoms with Crippen molar-refractivity contribution in [3.05, 3.63) is 42.1 Å². The van der Waals surface area contributed by atoms with Crippen LogP contribution in [0, 0.1) is 0 Å². The van der Waals surface area contributed by atoms with Crippen LogP contribution in [0.1, 0.15) is 23.3 Å². The number of nitrogens with one attached hydrogen (secondary N) is 1. The van der Waals surface area contributed by atoms with Crippen molar-refractivity contribution in [1.82, 2.24) is 15.1 Å². The van der Waals surface area contributed by atoms with Crippen LogP contribution in [0.3, 0.4) is 0 Å². The molecule has 1 N–H and O–H groups in total. The molecule has 0 unspecified atom stereocenters. The minimum absolute atomic E-state index is 0.0322. The van der Waals surface area contributed by atoms with Gasteiger partial charge in [0, 0.05) is 26.2 Å². The van der Waals surface area contributed by atoms with Crippen LogP contribution in [-0.2, 0) is 4.74 Å². The summed E-state index contributed by atoms with van der Waals surface area (Å²) in [5.41, 5.74) is 2.50. The number of hydrogen-bond donors (Lipinski definition) is 1. The maximum Gasteiger partial charge on any atom is 0.274 e. The van der Waals surface area contributed by atoms with Gasteiger partial charge in [0.1, 0.15) is 0 Å². The number of hydrogen-bond acceptors (Lipinski definition) is 6. The van der Waals surface area contributed by atoms with E-state index in [9.17, 15) is 4.79 Å². The van der Waals surface area contributed by atoms with Crippen molar-refractivity contribution in [1.29, 1.82) is 0 Å². The third-order valence-electron chi connectivity index (χ3n) is 4.80. The molecule has 0 aliphatic carbocycles. The molecular weight excluding hydrogens is 330 g/mol. The zero-order valence-electron chi connectivity index (χ0n) is 14.7. The minimum atomic E-state index is -0.0322. The van der Waals surface area contributed by atoms with Gasteiger partial charge in [-0.15, -0.1) is 10.2 Å². The second kappa shape index (κ2) is 7.70.